The van der Waals surface area contributed by atoms with E-state index < -0.39 is 6.04 Å². The first-order valence-corrected chi connectivity index (χ1v) is 12.0. The van der Waals surface area contributed by atoms with Crippen molar-refractivity contribution in [2.45, 2.75) is 64.1 Å². The van der Waals surface area contributed by atoms with Crippen molar-refractivity contribution in [3.63, 3.8) is 0 Å². The fraction of sp³-hybridized carbons (Fsp3) is 0.440. The number of ether oxygens (including phenoxy) is 1. The molecule has 7 heteroatoms. The van der Waals surface area contributed by atoms with E-state index in [1.165, 1.54) is 11.3 Å². The van der Waals surface area contributed by atoms with E-state index in [1.807, 2.05) is 25.1 Å². The Bertz CT molecular complexity index is 881. The van der Waals surface area contributed by atoms with Crippen molar-refractivity contribution in [3.05, 3.63) is 64.1 Å². The van der Waals surface area contributed by atoms with Crippen LogP contribution in [-0.4, -0.2) is 35.4 Å². The van der Waals surface area contributed by atoms with Crippen LogP contribution in [0, 0.1) is 0 Å². The van der Waals surface area contributed by atoms with Crippen LogP contribution in [0.1, 0.15) is 51.0 Å². The molecule has 172 valence electrons. The predicted octanol–water partition coefficient (Wildman–Crippen LogP) is 5.63. The molecule has 1 fully saturated rings. The lowest BCUT2D eigenvalue weighted by Gasteiger charge is -2.33. The highest BCUT2D eigenvalue weighted by atomic mass is 35.5. The topological polar surface area (TPSA) is 58.6 Å². The number of benzene rings is 2. The second-order valence-electron chi connectivity index (χ2n) is 8.09. The first-order valence-electron chi connectivity index (χ1n) is 11.2. The Morgan fingerprint density at radius 3 is 2.31 bits per heavy atom. The summed E-state index contributed by atoms with van der Waals surface area (Å²) in [7, 11) is 0. The van der Waals surface area contributed by atoms with Crippen LogP contribution in [0.2, 0.25) is 10.0 Å². The summed E-state index contributed by atoms with van der Waals surface area (Å²) in [5, 5.41) is 4.07. The zero-order chi connectivity index (χ0) is 22.9. The molecule has 1 saturated carbocycles. The Hall–Kier alpha value is -2.24. The number of halogens is 2. The summed E-state index contributed by atoms with van der Waals surface area (Å²) in [6.07, 6.45) is 5.86. The van der Waals surface area contributed by atoms with Gasteiger partial charge in [0.1, 0.15) is 11.8 Å². The molecule has 3 rings (SSSR count). The van der Waals surface area contributed by atoms with Crippen LogP contribution in [-0.2, 0) is 16.1 Å². The Labute approximate surface area is 200 Å². The lowest BCUT2D eigenvalue weighted by atomic mass is 9.95. The molecule has 1 unspecified atom stereocenters. The molecule has 0 bridgehead atoms. The molecule has 0 saturated heterocycles. The largest absolute Gasteiger partial charge is 0.484 e. The molecule has 2 aromatic carbocycles. The van der Waals surface area contributed by atoms with Gasteiger partial charge in [-0.2, -0.15) is 0 Å². The quantitative estimate of drug-likeness (QED) is 0.510. The maximum absolute atomic E-state index is 13.3. The third-order valence-electron chi connectivity index (χ3n) is 5.83. The highest BCUT2D eigenvalue weighted by Gasteiger charge is 2.31. The molecule has 1 aliphatic carbocycles. The summed E-state index contributed by atoms with van der Waals surface area (Å²) < 4.78 is 5.68. The number of amides is 2. The number of para-hydroxylation sites is 1. The minimum Gasteiger partial charge on any atom is -0.484 e. The van der Waals surface area contributed by atoms with Gasteiger partial charge in [-0.1, -0.05) is 73.7 Å². The van der Waals surface area contributed by atoms with E-state index in [-0.39, 0.29) is 31.0 Å². The van der Waals surface area contributed by atoms with E-state index in [0.29, 0.717) is 27.8 Å². The molecule has 0 aliphatic heterocycles. The third-order valence-corrected chi connectivity index (χ3v) is 6.54. The van der Waals surface area contributed by atoms with Gasteiger partial charge in [-0.05, 0) is 43.5 Å². The van der Waals surface area contributed by atoms with Crippen LogP contribution in [0.4, 0.5) is 0 Å². The van der Waals surface area contributed by atoms with Gasteiger partial charge in [0.2, 0.25) is 5.91 Å². The summed E-state index contributed by atoms with van der Waals surface area (Å²) in [6.45, 7) is 1.85. The van der Waals surface area contributed by atoms with Crippen LogP contribution < -0.4 is 10.1 Å². The Morgan fingerprint density at radius 1 is 1.03 bits per heavy atom. The fourth-order valence-electron chi connectivity index (χ4n) is 4.06. The number of nitrogens with zero attached hydrogens (tertiary/aromatic N) is 1. The lowest BCUT2D eigenvalue weighted by molar-refractivity contribution is -0.143. The molecule has 1 N–H and O–H groups in total. The summed E-state index contributed by atoms with van der Waals surface area (Å²) in [6, 6.07) is 13.9. The van der Waals surface area contributed by atoms with Crippen LogP contribution in [0.5, 0.6) is 5.75 Å². The SMILES string of the molecule is CCC(C(=O)NC1CCCCC1)N(Cc1c(Cl)cccc1Cl)C(=O)COc1ccccc1. The van der Waals surface area contributed by atoms with Crippen molar-refractivity contribution in [2.24, 2.45) is 0 Å². The molecule has 0 radical (unpaired) electrons. The van der Waals surface area contributed by atoms with E-state index in [1.54, 1.807) is 30.3 Å². The van der Waals surface area contributed by atoms with Crippen molar-refractivity contribution < 1.29 is 14.3 Å². The average molecular weight is 477 g/mol. The first-order chi connectivity index (χ1) is 15.5. The number of carbonyl (C=O) groups excluding carboxylic acids is 2. The normalized spacial score (nSPS) is 15.1. The van der Waals surface area contributed by atoms with Gasteiger partial charge in [-0.25, -0.2) is 0 Å². The van der Waals surface area contributed by atoms with E-state index in [2.05, 4.69) is 5.32 Å². The Morgan fingerprint density at radius 2 is 1.69 bits per heavy atom. The molecule has 0 aromatic heterocycles. The monoisotopic (exact) mass is 476 g/mol. The van der Waals surface area contributed by atoms with Gasteiger partial charge in [0.25, 0.3) is 5.91 Å². The van der Waals surface area contributed by atoms with Crippen molar-refractivity contribution >= 4 is 35.0 Å². The van der Waals surface area contributed by atoms with Crippen LogP contribution in [0.15, 0.2) is 48.5 Å². The average Bonchev–Trinajstić information content (AvgIpc) is 2.80. The van der Waals surface area contributed by atoms with Gasteiger partial charge in [0, 0.05) is 28.2 Å². The van der Waals surface area contributed by atoms with Gasteiger partial charge in [0.05, 0.1) is 0 Å². The Balaban J connectivity index is 1.80. The van der Waals surface area contributed by atoms with Crippen molar-refractivity contribution in [3.8, 4) is 5.75 Å². The number of rotatable bonds is 9. The molecule has 1 aliphatic rings. The molecular formula is C25H30Cl2N2O3. The predicted molar refractivity (Wildman–Crippen MR) is 128 cm³/mol. The van der Waals surface area contributed by atoms with Gasteiger partial charge in [0.15, 0.2) is 6.61 Å². The number of hydrogen-bond acceptors (Lipinski definition) is 3. The number of carbonyl (C=O) groups is 2. The van der Waals surface area contributed by atoms with E-state index in [0.717, 1.165) is 25.7 Å². The second-order valence-corrected chi connectivity index (χ2v) is 8.91. The van der Waals surface area contributed by atoms with Crippen LogP contribution >= 0.6 is 23.2 Å². The van der Waals surface area contributed by atoms with Crippen molar-refractivity contribution in [1.29, 1.82) is 0 Å². The van der Waals surface area contributed by atoms with E-state index in [4.69, 9.17) is 27.9 Å². The smallest absolute Gasteiger partial charge is 0.261 e. The van der Waals surface area contributed by atoms with Crippen LogP contribution in [0.3, 0.4) is 0 Å². The third kappa shape index (κ3) is 6.63. The number of nitrogens with one attached hydrogen (secondary N) is 1. The maximum atomic E-state index is 13.3. The fourth-order valence-corrected chi connectivity index (χ4v) is 4.58. The first kappa shape index (κ1) is 24.4. The zero-order valence-corrected chi connectivity index (χ0v) is 19.9. The van der Waals surface area contributed by atoms with E-state index >= 15 is 0 Å². The van der Waals surface area contributed by atoms with Gasteiger partial charge in [-0.15, -0.1) is 0 Å². The molecule has 1 atom stereocenters. The number of hydrogen-bond donors (Lipinski definition) is 1. The zero-order valence-electron chi connectivity index (χ0n) is 18.4. The molecule has 2 aromatic rings. The molecule has 5 nitrogen and oxygen atoms in total. The summed E-state index contributed by atoms with van der Waals surface area (Å²) >= 11 is 12.8. The van der Waals surface area contributed by atoms with E-state index in [9.17, 15) is 9.59 Å². The summed E-state index contributed by atoms with van der Waals surface area (Å²) in [5.74, 6) is 0.155. The van der Waals surface area contributed by atoms with Crippen LogP contribution in [0.25, 0.3) is 0 Å². The highest BCUT2D eigenvalue weighted by Crippen LogP contribution is 2.27. The maximum Gasteiger partial charge on any atom is 0.261 e. The van der Waals surface area contributed by atoms with Gasteiger partial charge >= 0.3 is 0 Å². The molecular weight excluding hydrogens is 447 g/mol. The highest BCUT2D eigenvalue weighted by molar-refractivity contribution is 6.36. The van der Waals surface area contributed by atoms with Gasteiger partial charge in [-0.3, -0.25) is 9.59 Å². The lowest BCUT2D eigenvalue weighted by Crippen LogP contribution is -2.52. The standard InChI is InChI=1S/C25H30Cl2N2O3/c1-2-23(25(31)28-18-10-5-3-6-11-18)29(16-20-21(26)14-9-15-22(20)27)24(30)17-32-19-12-7-4-8-13-19/h4,7-9,12-15,18,23H,2-3,5-6,10-11,16-17H2,1H3,(H,28,31). The second kappa shape index (κ2) is 12.1. The summed E-state index contributed by atoms with van der Waals surface area (Å²) in [4.78, 5) is 28.0. The molecule has 2 amide bonds. The Kier molecular flexibility index (Phi) is 9.24. The molecule has 0 spiro atoms. The molecule has 0 heterocycles. The van der Waals surface area contributed by atoms with Gasteiger partial charge < -0.3 is 15.0 Å². The molecule has 32 heavy (non-hydrogen) atoms. The minimum atomic E-state index is -0.642. The van der Waals surface area contributed by atoms with Crippen molar-refractivity contribution in [2.75, 3.05) is 6.61 Å². The minimum absolute atomic E-state index is 0.131. The van der Waals surface area contributed by atoms with Crippen molar-refractivity contribution in [1.82, 2.24) is 10.2 Å². The summed E-state index contributed by atoms with van der Waals surface area (Å²) in [5.41, 5.74) is 0.618.